The van der Waals surface area contributed by atoms with Crippen LogP contribution >= 0.6 is 0 Å². The molecule has 2 aliphatic rings. The summed E-state index contributed by atoms with van der Waals surface area (Å²) >= 11 is 0. The normalized spacial score (nSPS) is 19.9. The summed E-state index contributed by atoms with van der Waals surface area (Å²) in [5, 5.41) is 0. The molecule has 2 aromatic rings. The van der Waals surface area contributed by atoms with Gasteiger partial charge in [0, 0.05) is 25.0 Å². The lowest BCUT2D eigenvalue weighted by Crippen LogP contribution is -2.62. The van der Waals surface area contributed by atoms with Crippen LogP contribution in [0.25, 0.3) is 0 Å². The fourth-order valence-corrected chi connectivity index (χ4v) is 6.09. The maximum absolute atomic E-state index is 13.1. The Labute approximate surface area is 200 Å². The predicted octanol–water partition coefficient (Wildman–Crippen LogP) is 3.60. The number of ether oxygens (including phenoxy) is 2. The third-order valence-electron chi connectivity index (χ3n) is 6.82. The highest BCUT2D eigenvalue weighted by Gasteiger charge is 2.52. The number of amides is 1. The summed E-state index contributed by atoms with van der Waals surface area (Å²) in [5.41, 5.74) is 2.03. The van der Waals surface area contributed by atoms with E-state index in [2.05, 4.69) is 0 Å². The predicted molar refractivity (Wildman–Crippen MR) is 127 cm³/mol. The second-order valence-corrected chi connectivity index (χ2v) is 11.2. The molecule has 8 nitrogen and oxygen atoms in total. The van der Waals surface area contributed by atoms with Crippen molar-refractivity contribution in [2.24, 2.45) is 5.41 Å². The van der Waals surface area contributed by atoms with Crippen LogP contribution in [0.5, 0.6) is 0 Å². The number of piperidine rings is 1. The molecule has 9 heteroatoms. The van der Waals surface area contributed by atoms with Gasteiger partial charge in [0.2, 0.25) is 10.0 Å². The Morgan fingerprint density at radius 1 is 1.06 bits per heavy atom. The lowest BCUT2D eigenvalue weighted by molar-refractivity contribution is -0.0294. The molecule has 2 aromatic carbocycles. The Morgan fingerprint density at radius 2 is 1.74 bits per heavy atom. The van der Waals surface area contributed by atoms with E-state index in [0.717, 1.165) is 11.1 Å². The fourth-order valence-electron chi connectivity index (χ4n) is 4.78. The van der Waals surface area contributed by atoms with Gasteiger partial charge in [-0.15, -0.1) is 0 Å². The number of hydrogen-bond acceptors (Lipinski definition) is 6. The Bertz CT molecular complexity index is 1130. The van der Waals surface area contributed by atoms with Crippen molar-refractivity contribution in [2.45, 2.75) is 32.4 Å². The molecule has 1 atom stereocenters. The molecule has 2 fully saturated rings. The number of hydrogen-bond donors (Lipinski definition) is 0. The van der Waals surface area contributed by atoms with E-state index in [1.165, 1.54) is 11.4 Å². The van der Waals surface area contributed by atoms with E-state index in [-0.39, 0.29) is 23.8 Å². The standard InChI is InChI=1S/C25H30N2O6S/c1-3-34(30,31)26-17-25(18-26)13-14-27(24(29)33-16-19-7-5-4-6-8-19)22(15-25)20-9-11-21(12-10-20)23(28)32-2/h4-12,22H,3,13-18H2,1-2H3. The highest BCUT2D eigenvalue weighted by Crippen LogP contribution is 2.48. The van der Waals surface area contributed by atoms with Crippen LogP contribution in [-0.4, -0.2) is 62.2 Å². The van der Waals surface area contributed by atoms with Gasteiger partial charge in [0.15, 0.2) is 0 Å². The molecule has 0 radical (unpaired) electrons. The number of nitrogens with zero attached hydrogens (tertiary/aromatic N) is 2. The molecular weight excluding hydrogens is 456 g/mol. The molecule has 34 heavy (non-hydrogen) atoms. The molecule has 1 amide bonds. The van der Waals surface area contributed by atoms with Crippen molar-refractivity contribution >= 4 is 22.1 Å². The fraction of sp³-hybridized carbons (Fsp3) is 0.440. The van der Waals surface area contributed by atoms with E-state index in [9.17, 15) is 18.0 Å². The summed E-state index contributed by atoms with van der Waals surface area (Å²) in [5.74, 6) is -0.343. The van der Waals surface area contributed by atoms with Gasteiger partial charge >= 0.3 is 12.1 Å². The lowest BCUT2D eigenvalue weighted by Gasteiger charge is -2.55. The quantitative estimate of drug-likeness (QED) is 0.580. The van der Waals surface area contributed by atoms with Crippen LogP contribution in [0.15, 0.2) is 54.6 Å². The number of methoxy groups -OCH3 is 1. The molecule has 1 unspecified atom stereocenters. The van der Waals surface area contributed by atoms with Crippen molar-refractivity contribution in [2.75, 3.05) is 32.5 Å². The second-order valence-electron chi connectivity index (χ2n) is 8.99. The molecule has 182 valence electrons. The van der Waals surface area contributed by atoms with Crippen LogP contribution in [0.4, 0.5) is 4.79 Å². The van der Waals surface area contributed by atoms with E-state index in [1.54, 1.807) is 24.0 Å². The molecule has 1 spiro atoms. The first-order chi connectivity index (χ1) is 16.3. The van der Waals surface area contributed by atoms with Crippen molar-refractivity contribution in [1.82, 2.24) is 9.21 Å². The first-order valence-corrected chi connectivity index (χ1v) is 13.0. The Hall–Kier alpha value is -2.91. The minimum atomic E-state index is -3.23. The third kappa shape index (κ3) is 4.95. The van der Waals surface area contributed by atoms with Gasteiger partial charge in [0.05, 0.1) is 24.5 Å². The number of carbonyl (C=O) groups is 2. The molecule has 0 aliphatic carbocycles. The van der Waals surface area contributed by atoms with Gasteiger partial charge in [0.1, 0.15) is 6.61 Å². The van der Waals surface area contributed by atoms with Crippen molar-refractivity contribution in [3.05, 3.63) is 71.3 Å². The van der Waals surface area contributed by atoms with Crippen molar-refractivity contribution < 1.29 is 27.5 Å². The van der Waals surface area contributed by atoms with Crippen LogP contribution in [0.2, 0.25) is 0 Å². The second kappa shape index (κ2) is 9.76. The SMILES string of the molecule is CCS(=O)(=O)N1CC2(CCN(C(=O)OCc3ccccc3)C(c3ccc(C(=O)OC)cc3)C2)C1. The average molecular weight is 487 g/mol. The molecule has 2 aliphatic heterocycles. The average Bonchev–Trinajstić information content (AvgIpc) is 2.85. The number of sulfonamides is 1. The smallest absolute Gasteiger partial charge is 0.410 e. The Balaban J connectivity index is 1.53. The van der Waals surface area contributed by atoms with E-state index >= 15 is 0 Å². The molecule has 2 heterocycles. The van der Waals surface area contributed by atoms with Crippen LogP contribution in [-0.2, 0) is 26.1 Å². The van der Waals surface area contributed by atoms with Crippen molar-refractivity contribution in [1.29, 1.82) is 0 Å². The van der Waals surface area contributed by atoms with Gasteiger partial charge in [-0.1, -0.05) is 42.5 Å². The molecule has 0 bridgehead atoms. The van der Waals surface area contributed by atoms with Gasteiger partial charge in [-0.2, -0.15) is 0 Å². The maximum atomic E-state index is 13.1. The molecule has 2 saturated heterocycles. The van der Waals surface area contributed by atoms with Crippen LogP contribution < -0.4 is 0 Å². The first-order valence-electron chi connectivity index (χ1n) is 11.4. The van der Waals surface area contributed by atoms with Gasteiger partial charge in [0.25, 0.3) is 0 Å². The van der Waals surface area contributed by atoms with Crippen LogP contribution in [0.1, 0.15) is 47.3 Å². The van der Waals surface area contributed by atoms with E-state index < -0.39 is 22.1 Å². The number of benzene rings is 2. The summed E-state index contributed by atoms with van der Waals surface area (Å²) in [6, 6.07) is 16.2. The molecule has 0 saturated carbocycles. The summed E-state index contributed by atoms with van der Waals surface area (Å²) in [7, 11) is -1.90. The lowest BCUT2D eigenvalue weighted by atomic mass is 9.69. The van der Waals surface area contributed by atoms with Crippen LogP contribution in [0, 0.1) is 5.41 Å². The van der Waals surface area contributed by atoms with Gasteiger partial charge < -0.3 is 14.4 Å². The van der Waals surface area contributed by atoms with Crippen molar-refractivity contribution in [3.8, 4) is 0 Å². The number of esters is 1. The zero-order valence-corrected chi connectivity index (χ0v) is 20.3. The maximum Gasteiger partial charge on any atom is 0.410 e. The van der Waals surface area contributed by atoms with Gasteiger partial charge in [-0.25, -0.2) is 22.3 Å². The number of carbonyl (C=O) groups excluding carboxylic acids is 2. The Kier molecular flexibility index (Phi) is 6.95. The summed E-state index contributed by atoms with van der Waals surface area (Å²) in [6.45, 7) is 3.23. The van der Waals surface area contributed by atoms with E-state index in [4.69, 9.17) is 9.47 Å². The molecular formula is C25H30N2O6S. The Morgan fingerprint density at radius 3 is 2.35 bits per heavy atom. The zero-order valence-electron chi connectivity index (χ0n) is 19.5. The highest BCUT2D eigenvalue weighted by molar-refractivity contribution is 7.89. The number of likely N-dealkylation sites (tertiary alicyclic amines) is 1. The minimum Gasteiger partial charge on any atom is -0.465 e. The number of rotatable bonds is 6. The molecule has 0 N–H and O–H groups in total. The highest BCUT2D eigenvalue weighted by atomic mass is 32.2. The van der Waals surface area contributed by atoms with E-state index in [1.807, 2.05) is 42.5 Å². The monoisotopic (exact) mass is 486 g/mol. The summed E-state index contributed by atoms with van der Waals surface area (Å²) in [4.78, 5) is 26.6. The summed E-state index contributed by atoms with van der Waals surface area (Å²) < 4.78 is 36.5. The van der Waals surface area contributed by atoms with Gasteiger partial charge in [-0.05, 0) is 43.0 Å². The van der Waals surface area contributed by atoms with Crippen LogP contribution in [0.3, 0.4) is 0 Å². The largest absolute Gasteiger partial charge is 0.465 e. The zero-order chi connectivity index (χ0) is 24.3. The van der Waals surface area contributed by atoms with Gasteiger partial charge in [-0.3, -0.25) is 0 Å². The first kappa shape index (κ1) is 24.2. The molecule has 0 aromatic heterocycles. The van der Waals surface area contributed by atoms with E-state index in [0.29, 0.717) is 38.0 Å². The summed E-state index contributed by atoms with van der Waals surface area (Å²) in [6.07, 6.45) is 0.929. The topological polar surface area (TPSA) is 93.2 Å². The van der Waals surface area contributed by atoms with Crippen molar-refractivity contribution in [3.63, 3.8) is 0 Å². The minimum absolute atomic E-state index is 0.0828. The third-order valence-corrected chi connectivity index (χ3v) is 8.60. The molecule has 4 rings (SSSR count).